The zero-order valence-electron chi connectivity index (χ0n) is 42.8. The fourth-order valence-corrected chi connectivity index (χ4v) is 8.91. The van der Waals surface area contributed by atoms with Crippen LogP contribution in [0, 0.1) is 51.0 Å². The molecule has 0 aromatic heterocycles. The molecular weight excluding hydrogens is 926 g/mol. The largest absolute Gasteiger partial charge is 0.207 e. The van der Waals surface area contributed by atoms with E-state index in [1.54, 1.807) is 38.1 Å². The summed E-state index contributed by atoms with van der Waals surface area (Å²) < 4.78 is 51.8. The fraction of sp³-hybridized carbons (Fsp3) is 0.390. The van der Waals surface area contributed by atoms with E-state index in [1.807, 2.05) is 65.0 Å². The van der Waals surface area contributed by atoms with E-state index < -0.39 is 11.6 Å². The van der Waals surface area contributed by atoms with Gasteiger partial charge < -0.3 is 0 Å². The van der Waals surface area contributed by atoms with Crippen LogP contribution in [0.1, 0.15) is 175 Å². The topological polar surface area (TPSA) is 0 Å². The number of hydrogen-bond acceptors (Lipinski definition) is 0. The summed E-state index contributed by atoms with van der Waals surface area (Å²) in [6.07, 6.45) is 0. The van der Waals surface area contributed by atoms with E-state index in [1.165, 1.54) is 58.1 Å². The minimum absolute atomic E-state index is 0.0833. The van der Waals surface area contributed by atoms with E-state index >= 15 is 0 Å². The fourth-order valence-electron chi connectivity index (χ4n) is 7.62. The van der Waals surface area contributed by atoms with Crippen LogP contribution >= 0.6 is 46.4 Å². The smallest absolute Gasteiger partial charge is 0.129 e. The van der Waals surface area contributed by atoms with Crippen molar-refractivity contribution in [2.45, 2.75) is 153 Å². The molecule has 0 atom stereocenters. The van der Waals surface area contributed by atoms with Gasteiger partial charge in [0.15, 0.2) is 0 Å². The van der Waals surface area contributed by atoms with E-state index in [4.69, 9.17) is 46.4 Å². The van der Waals surface area contributed by atoms with Crippen LogP contribution in [0.25, 0.3) is 0 Å². The Morgan fingerprint density at radius 1 is 0.358 bits per heavy atom. The van der Waals surface area contributed by atoms with E-state index in [0.29, 0.717) is 21.9 Å². The van der Waals surface area contributed by atoms with Gasteiger partial charge in [-0.05, 0) is 161 Å². The van der Waals surface area contributed by atoms with Crippen LogP contribution in [0.15, 0.2) is 109 Å². The normalized spacial score (nSPS) is 10.8. The summed E-state index contributed by atoms with van der Waals surface area (Å²) in [5.74, 6) is 0.340. The van der Waals surface area contributed by atoms with E-state index in [2.05, 4.69) is 93.5 Å². The van der Waals surface area contributed by atoms with Crippen LogP contribution < -0.4 is 0 Å². The van der Waals surface area contributed by atoms with Gasteiger partial charge in [0, 0.05) is 25.7 Å². The maximum atomic E-state index is 13.1. The van der Waals surface area contributed by atoms with Gasteiger partial charge in [0.05, 0.1) is 0 Å². The molecule has 0 fully saturated rings. The maximum Gasteiger partial charge on any atom is 0.129 e. The van der Waals surface area contributed by atoms with Crippen molar-refractivity contribution in [2.24, 2.45) is 0 Å². The molecule has 0 saturated heterocycles. The molecule has 6 aromatic carbocycles. The lowest BCUT2D eigenvalue weighted by molar-refractivity contribution is 0.542. The van der Waals surface area contributed by atoms with Crippen molar-refractivity contribution in [1.29, 1.82) is 0 Å². The Morgan fingerprint density at radius 2 is 0.716 bits per heavy atom. The maximum absolute atomic E-state index is 13.1. The van der Waals surface area contributed by atoms with Crippen LogP contribution in [0.3, 0.4) is 0 Å². The van der Waals surface area contributed by atoms with Crippen LogP contribution in [0.5, 0.6) is 0 Å². The quantitative estimate of drug-likeness (QED) is 0.151. The highest BCUT2D eigenvalue weighted by Gasteiger charge is 2.17. The molecule has 0 aliphatic rings. The Morgan fingerprint density at radius 3 is 1.03 bits per heavy atom. The summed E-state index contributed by atoms with van der Waals surface area (Å²) in [5.41, 5.74) is 10.9. The number of halogens is 8. The molecule has 0 saturated carbocycles. The third-order valence-corrected chi connectivity index (χ3v) is 11.8. The lowest BCUT2D eigenvalue weighted by Crippen LogP contribution is -2.11. The summed E-state index contributed by atoms with van der Waals surface area (Å²) in [7, 11) is 0. The van der Waals surface area contributed by atoms with Gasteiger partial charge in [-0.15, -0.1) is 0 Å². The highest BCUT2D eigenvalue weighted by Crippen LogP contribution is 2.31. The first kappa shape index (κ1) is 61.2. The minimum atomic E-state index is -0.458. The first-order chi connectivity index (χ1) is 31.0. The molecule has 0 unspecified atom stereocenters. The van der Waals surface area contributed by atoms with E-state index in [9.17, 15) is 17.6 Å². The highest BCUT2D eigenvalue weighted by molar-refractivity contribution is 6.35. The van der Waals surface area contributed by atoms with Gasteiger partial charge in [-0.25, -0.2) is 17.6 Å². The lowest BCUT2D eigenvalue weighted by atomic mass is 9.87. The summed E-state index contributed by atoms with van der Waals surface area (Å²) >= 11 is 23.4. The minimum Gasteiger partial charge on any atom is -0.207 e. The van der Waals surface area contributed by atoms with Crippen molar-refractivity contribution in [2.75, 3.05) is 0 Å². The first-order valence-electron chi connectivity index (χ1n) is 22.9. The van der Waals surface area contributed by atoms with Crippen molar-refractivity contribution in [3.63, 3.8) is 0 Å². The molecule has 0 amide bonds. The number of aryl methyl sites for hydroxylation is 4. The summed E-state index contributed by atoms with van der Waals surface area (Å²) in [4.78, 5) is 0. The van der Waals surface area contributed by atoms with Crippen molar-refractivity contribution >= 4 is 46.4 Å². The van der Waals surface area contributed by atoms with Gasteiger partial charge in [0.2, 0.25) is 0 Å². The zero-order valence-corrected chi connectivity index (χ0v) is 45.8. The van der Waals surface area contributed by atoms with Gasteiger partial charge in [-0.3, -0.25) is 0 Å². The van der Waals surface area contributed by atoms with Gasteiger partial charge in [0.1, 0.15) is 23.3 Å². The van der Waals surface area contributed by atoms with Crippen LogP contribution in [0.2, 0.25) is 20.1 Å². The average molecular weight is 1000 g/mol. The molecule has 8 heteroatoms. The molecule has 6 aromatic rings. The SMILES string of the molecule is CC(C)(C)c1ccc(Cl)cc1Cl.CC(C)c1c(F)cccc1F.CC(C)c1ccc(Cl)cc1F.Cc1cccc(C)c1C(C)C.Cc1cccc(Cl)c1C(C)C.Cc1cccc(F)c1C(C)C. The van der Waals surface area contributed by atoms with E-state index in [-0.39, 0.29) is 40.4 Å². The van der Waals surface area contributed by atoms with Crippen molar-refractivity contribution in [3.05, 3.63) is 208 Å². The Bertz CT molecular complexity index is 2120. The third-order valence-electron chi connectivity index (χ3n) is 10.7. The standard InChI is InChI=1S/C11H16.C10H12Cl2.C10H13Cl.C10H13F.C9H10ClF.C9H10F2/c1-8(2)11-9(3)6-5-7-10(11)4;1-10(2,3)8-5-4-7(11)6-9(8)12;2*1-7(2)10-8(3)5-4-6-9(10)11;1-6(2)8-4-3-7(10)5-9(8)11;1-6(2)9-7(10)4-3-5-8(9)11/h5-8H,1-4H3;4-6H,1-3H3;2*4-7H,1-3H3;2*3-6H,1-2H3. The van der Waals surface area contributed by atoms with Crippen molar-refractivity contribution in [3.8, 4) is 0 Å². The lowest BCUT2D eigenvalue weighted by Gasteiger charge is -2.20. The average Bonchev–Trinajstić information content (AvgIpc) is 3.18. The predicted molar refractivity (Wildman–Crippen MR) is 287 cm³/mol. The zero-order chi connectivity index (χ0) is 51.5. The molecule has 0 bridgehead atoms. The van der Waals surface area contributed by atoms with Crippen LogP contribution in [0.4, 0.5) is 17.6 Å². The summed E-state index contributed by atoms with van der Waals surface area (Å²) in [6.45, 7) is 35.0. The van der Waals surface area contributed by atoms with Gasteiger partial charge >= 0.3 is 0 Å². The molecule has 0 radical (unpaired) electrons. The molecule has 0 N–H and O–H groups in total. The van der Waals surface area contributed by atoms with E-state index in [0.717, 1.165) is 32.3 Å². The van der Waals surface area contributed by atoms with Gasteiger partial charge in [-0.2, -0.15) is 0 Å². The molecule has 0 spiro atoms. The molecular formula is C59H74Cl4F4. The number of rotatable bonds is 5. The molecule has 6 rings (SSSR count). The predicted octanol–water partition coefficient (Wildman–Crippen LogP) is 21.4. The van der Waals surface area contributed by atoms with Crippen LogP contribution in [-0.2, 0) is 5.41 Å². The number of hydrogen-bond donors (Lipinski definition) is 0. The first-order valence-corrected chi connectivity index (χ1v) is 24.4. The Kier molecular flexibility index (Phi) is 26.8. The summed E-state index contributed by atoms with van der Waals surface area (Å²) in [5, 5.41) is 2.77. The monoisotopic (exact) mass is 998 g/mol. The molecule has 0 aliphatic heterocycles. The number of benzene rings is 6. The molecule has 67 heavy (non-hydrogen) atoms. The second-order valence-corrected chi connectivity index (χ2v) is 20.9. The Hall–Kier alpha value is -3.80. The molecule has 366 valence electrons. The summed E-state index contributed by atoms with van der Waals surface area (Å²) in [6, 6.07) is 32.1. The third kappa shape index (κ3) is 20.8. The van der Waals surface area contributed by atoms with Crippen molar-refractivity contribution < 1.29 is 17.6 Å². The second-order valence-electron chi connectivity index (χ2n) is 19.2. The molecule has 0 heterocycles. The molecule has 0 nitrogen and oxygen atoms in total. The molecule has 0 aliphatic carbocycles. The second kappa shape index (κ2) is 29.3. The van der Waals surface area contributed by atoms with Crippen LogP contribution in [-0.4, -0.2) is 0 Å². The highest BCUT2D eigenvalue weighted by atomic mass is 35.5. The van der Waals surface area contributed by atoms with Gasteiger partial charge in [0.25, 0.3) is 0 Å². The van der Waals surface area contributed by atoms with Gasteiger partial charge in [-0.1, -0.05) is 197 Å². The van der Waals surface area contributed by atoms with Crippen molar-refractivity contribution in [1.82, 2.24) is 0 Å². The Labute approximate surface area is 422 Å². The Balaban J connectivity index is 0.000000402.